The van der Waals surface area contributed by atoms with Gasteiger partial charge < -0.3 is 4.90 Å². The fourth-order valence-electron chi connectivity index (χ4n) is 4.68. The Bertz CT molecular complexity index is 617. The van der Waals surface area contributed by atoms with Gasteiger partial charge in [0.25, 0.3) is 0 Å². The minimum absolute atomic E-state index is 0.426. The molecule has 2 heteroatoms. The average molecular weight is 369 g/mol. The van der Waals surface area contributed by atoms with Gasteiger partial charge in [-0.2, -0.15) is 0 Å². The second-order valence-corrected chi connectivity index (χ2v) is 9.62. The zero-order valence-electron chi connectivity index (χ0n) is 18.1. The molecule has 27 heavy (non-hydrogen) atoms. The molecule has 1 unspecified atom stereocenters. The molecule has 2 nitrogen and oxygen atoms in total. The first kappa shape index (κ1) is 20.5. The molecule has 3 rings (SSSR count). The van der Waals surface area contributed by atoms with Gasteiger partial charge in [0.2, 0.25) is 0 Å². The first-order valence-corrected chi connectivity index (χ1v) is 11.2. The van der Waals surface area contributed by atoms with Crippen molar-refractivity contribution < 1.29 is 0 Å². The number of rotatable bonds is 6. The van der Waals surface area contributed by atoms with E-state index in [0.29, 0.717) is 5.41 Å². The maximum atomic E-state index is 2.66. The highest BCUT2D eigenvalue weighted by molar-refractivity contribution is 5.77. The van der Waals surface area contributed by atoms with Crippen molar-refractivity contribution >= 4 is 11.3 Å². The van der Waals surface area contributed by atoms with E-state index in [9.17, 15) is 0 Å². The normalized spacial score (nSPS) is 22.0. The number of hydrogen-bond acceptors (Lipinski definition) is 2. The lowest BCUT2D eigenvalue weighted by Crippen LogP contribution is -2.46. The molecule has 1 aromatic carbocycles. The van der Waals surface area contributed by atoms with Gasteiger partial charge in [0.05, 0.1) is 0 Å². The molecule has 1 aromatic rings. The Morgan fingerprint density at radius 3 is 2.37 bits per heavy atom. The molecule has 2 aliphatic rings. The van der Waals surface area contributed by atoms with Crippen molar-refractivity contribution in [1.29, 1.82) is 0 Å². The SMILES string of the molecule is CCCCCN1CCN(c2ccccc2C2=CCC(C(C)(C)C)CC2)CC1. The van der Waals surface area contributed by atoms with Crippen LogP contribution in [0.3, 0.4) is 0 Å². The van der Waals surface area contributed by atoms with Crippen molar-refractivity contribution in [2.75, 3.05) is 37.6 Å². The molecule has 150 valence electrons. The summed E-state index contributed by atoms with van der Waals surface area (Å²) in [7, 11) is 0. The van der Waals surface area contributed by atoms with E-state index in [4.69, 9.17) is 0 Å². The van der Waals surface area contributed by atoms with Crippen LogP contribution in [-0.2, 0) is 0 Å². The van der Waals surface area contributed by atoms with Gasteiger partial charge in [0.1, 0.15) is 0 Å². The van der Waals surface area contributed by atoms with Crippen molar-refractivity contribution in [2.24, 2.45) is 11.3 Å². The summed E-state index contributed by atoms with van der Waals surface area (Å²) in [5.41, 5.74) is 4.96. The maximum Gasteiger partial charge on any atom is 0.0443 e. The second-order valence-electron chi connectivity index (χ2n) is 9.62. The van der Waals surface area contributed by atoms with Gasteiger partial charge >= 0.3 is 0 Å². The van der Waals surface area contributed by atoms with E-state index in [-0.39, 0.29) is 0 Å². The van der Waals surface area contributed by atoms with Crippen LogP contribution >= 0.6 is 0 Å². The average Bonchev–Trinajstić information content (AvgIpc) is 2.68. The van der Waals surface area contributed by atoms with Crippen LogP contribution < -0.4 is 4.90 Å². The number of nitrogens with zero attached hydrogens (tertiary/aromatic N) is 2. The Hall–Kier alpha value is -1.28. The standard InChI is InChI=1S/C25H40N2/c1-5-6-9-16-26-17-19-27(20-18-26)24-11-8-7-10-23(24)21-12-14-22(15-13-21)25(2,3)4/h7-8,10-12,22H,5-6,9,13-20H2,1-4H3. The van der Waals surface area contributed by atoms with Gasteiger partial charge in [-0.25, -0.2) is 0 Å². The molecule has 0 N–H and O–H groups in total. The summed E-state index contributed by atoms with van der Waals surface area (Å²) in [6.07, 6.45) is 10.4. The van der Waals surface area contributed by atoms with Crippen LogP contribution in [0.15, 0.2) is 30.3 Å². The topological polar surface area (TPSA) is 6.48 Å². The Kier molecular flexibility index (Phi) is 7.03. The third kappa shape index (κ3) is 5.38. The van der Waals surface area contributed by atoms with Crippen LogP contribution in [0.2, 0.25) is 0 Å². The minimum atomic E-state index is 0.426. The van der Waals surface area contributed by atoms with E-state index in [1.807, 2.05) is 0 Å². The summed E-state index contributed by atoms with van der Waals surface area (Å²) in [6, 6.07) is 9.13. The van der Waals surface area contributed by atoms with E-state index in [1.54, 1.807) is 5.57 Å². The number of benzene rings is 1. The molecule has 1 aliphatic heterocycles. The highest BCUT2D eigenvalue weighted by Gasteiger charge is 2.27. The molecule has 0 amide bonds. The predicted molar refractivity (Wildman–Crippen MR) is 119 cm³/mol. The summed E-state index contributed by atoms with van der Waals surface area (Å²) >= 11 is 0. The fourth-order valence-corrected chi connectivity index (χ4v) is 4.68. The molecule has 0 saturated carbocycles. The first-order valence-electron chi connectivity index (χ1n) is 11.2. The van der Waals surface area contributed by atoms with Gasteiger partial charge in [0, 0.05) is 37.4 Å². The zero-order chi connectivity index (χ0) is 19.3. The fraction of sp³-hybridized carbons (Fsp3) is 0.680. The second kappa shape index (κ2) is 9.28. The molecule has 1 fully saturated rings. The van der Waals surface area contributed by atoms with Crippen LogP contribution in [-0.4, -0.2) is 37.6 Å². The summed E-state index contributed by atoms with van der Waals surface area (Å²) in [5.74, 6) is 0.820. The van der Waals surface area contributed by atoms with E-state index < -0.39 is 0 Å². The van der Waals surface area contributed by atoms with Crippen molar-refractivity contribution in [2.45, 2.75) is 66.2 Å². The number of anilines is 1. The van der Waals surface area contributed by atoms with Crippen LogP contribution in [0, 0.1) is 11.3 Å². The van der Waals surface area contributed by atoms with Gasteiger partial charge in [-0.05, 0) is 55.2 Å². The van der Waals surface area contributed by atoms with Crippen LogP contribution in [0.25, 0.3) is 5.57 Å². The van der Waals surface area contributed by atoms with E-state index in [2.05, 4.69) is 67.8 Å². The number of unbranched alkanes of at least 4 members (excludes halogenated alkanes) is 2. The van der Waals surface area contributed by atoms with Crippen LogP contribution in [0.4, 0.5) is 5.69 Å². The molecular formula is C25H40N2. The molecule has 0 radical (unpaired) electrons. The third-order valence-electron chi connectivity index (χ3n) is 6.68. The molecule has 0 bridgehead atoms. The molecule has 0 spiro atoms. The zero-order valence-corrected chi connectivity index (χ0v) is 18.1. The van der Waals surface area contributed by atoms with Gasteiger partial charge in [0.15, 0.2) is 0 Å². The smallest absolute Gasteiger partial charge is 0.0443 e. The van der Waals surface area contributed by atoms with Gasteiger partial charge in [-0.15, -0.1) is 0 Å². The van der Waals surface area contributed by atoms with Gasteiger partial charge in [-0.1, -0.05) is 64.8 Å². The number of hydrogen-bond donors (Lipinski definition) is 0. The Morgan fingerprint density at radius 1 is 1.00 bits per heavy atom. The molecule has 1 heterocycles. The molecule has 1 aliphatic carbocycles. The van der Waals surface area contributed by atoms with Crippen LogP contribution in [0.1, 0.15) is 71.8 Å². The highest BCUT2D eigenvalue weighted by Crippen LogP contribution is 2.41. The monoisotopic (exact) mass is 368 g/mol. The number of para-hydroxylation sites is 1. The van der Waals surface area contributed by atoms with Crippen LogP contribution in [0.5, 0.6) is 0 Å². The van der Waals surface area contributed by atoms with E-state index in [1.165, 1.54) is 82.5 Å². The molecular weight excluding hydrogens is 328 g/mol. The Balaban J connectivity index is 1.65. The summed E-state index contributed by atoms with van der Waals surface area (Å²) < 4.78 is 0. The number of allylic oxidation sites excluding steroid dienone is 2. The van der Waals surface area contributed by atoms with Crippen molar-refractivity contribution in [3.63, 3.8) is 0 Å². The predicted octanol–water partition coefficient (Wildman–Crippen LogP) is 6.23. The van der Waals surface area contributed by atoms with Crippen molar-refractivity contribution in [3.8, 4) is 0 Å². The Labute approximate surface area is 167 Å². The quantitative estimate of drug-likeness (QED) is 0.549. The van der Waals surface area contributed by atoms with Crippen molar-refractivity contribution in [3.05, 3.63) is 35.9 Å². The van der Waals surface area contributed by atoms with E-state index in [0.717, 1.165) is 5.92 Å². The summed E-state index contributed by atoms with van der Waals surface area (Å²) in [5, 5.41) is 0. The third-order valence-corrected chi connectivity index (χ3v) is 6.68. The Morgan fingerprint density at radius 2 is 1.74 bits per heavy atom. The van der Waals surface area contributed by atoms with Crippen molar-refractivity contribution in [1.82, 2.24) is 4.90 Å². The van der Waals surface area contributed by atoms with E-state index >= 15 is 0 Å². The molecule has 0 aromatic heterocycles. The lowest BCUT2D eigenvalue weighted by molar-refractivity contribution is 0.225. The molecule has 1 atom stereocenters. The summed E-state index contributed by atoms with van der Waals surface area (Å²) in [4.78, 5) is 5.28. The lowest BCUT2D eigenvalue weighted by atomic mass is 9.72. The largest absolute Gasteiger partial charge is 0.368 e. The first-order chi connectivity index (χ1) is 13.0. The lowest BCUT2D eigenvalue weighted by Gasteiger charge is -2.38. The molecule has 1 saturated heterocycles. The van der Waals surface area contributed by atoms with Gasteiger partial charge in [-0.3, -0.25) is 4.90 Å². The number of piperazine rings is 1. The highest BCUT2D eigenvalue weighted by atomic mass is 15.3. The maximum absolute atomic E-state index is 2.66. The summed E-state index contributed by atoms with van der Waals surface area (Å²) in [6.45, 7) is 15.5. The minimum Gasteiger partial charge on any atom is -0.368 e.